The summed E-state index contributed by atoms with van der Waals surface area (Å²) < 4.78 is 36.3. The van der Waals surface area contributed by atoms with Crippen molar-refractivity contribution in [3.8, 4) is 11.5 Å². The molecule has 2 aromatic rings. The largest absolute Gasteiger partial charge is 0.497 e. The van der Waals surface area contributed by atoms with Gasteiger partial charge in [0.25, 0.3) is 0 Å². The summed E-state index contributed by atoms with van der Waals surface area (Å²) in [7, 11) is 1.60. The zero-order valence-electron chi connectivity index (χ0n) is 13.9. The molecule has 1 aliphatic rings. The van der Waals surface area contributed by atoms with Gasteiger partial charge >= 0.3 is 0 Å². The fourth-order valence-corrected chi connectivity index (χ4v) is 2.62. The Hall–Kier alpha value is -2.44. The van der Waals surface area contributed by atoms with Crippen LogP contribution in [-0.2, 0) is 27.3 Å². The Morgan fingerprint density at radius 1 is 1.16 bits per heavy atom. The summed E-state index contributed by atoms with van der Waals surface area (Å²) in [5.41, 5.74) is 1.67. The van der Waals surface area contributed by atoms with Gasteiger partial charge in [-0.3, -0.25) is 0 Å². The molecule has 0 saturated carbocycles. The van der Waals surface area contributed by atoms with Gasteiger partial charge in [0.15, 0.2) is 6.29 Å². The summed E-state index contributed by atoms with van der Waals surface area (Å²) in [4.78, 5) is 10.8. The van der Waals surface area contributed by atoms with Crippen molar-refractivity contribution in [2.24, 2.45) is 0 Å². The second kappa shape index (κ2) is 8.09. The molecule has 0 unspecified atom stereocenters. The Balaban J connectivity index is 1.84. The zero-order chi connectivity index (χ0) is 17.6. The van der Waals surface area contributed by atoms with Crippen molar-refractivity contribution in [3.63, 3.8) is 0 Å². The van der Waals surface area contributed by atoms with E-state index in [2.05, 4.69) is 0 Å². The quantitative estimate of drug-likeness (QED) is 0.721. The van der Waals surface area contributed by atoms with Gasteiger partial charge in [0, 0.05) is 6.42 Å². The predicted octanol–water partition coefficient (Wildman–Crippen LogP) is 3.20. The maximum absolute atomic E-state index is 14.5. The summed E-state index contributed by atoms with van der Waals surface area (Å²) in [5, 5.41) is 0. The van der Waals surface area contributed by atoms with Crippen molar-refractivity contribution in [2.45, 2.75) is 19.3 Å². The van der Waals surface area contributed by atoms with Gasteiger partial charge in [-0.1, -0.05) is 12.1 Å². The second-order valence-corrected chi connectivity index (χ2v) is 5.57. The van der Waals surface area contributed by atoms with Crippen molar-refractivity contribution >= 4 is 6.29 Å². The Morgan fingerprint density at radius 3 is 2.52 bits per heavy atom. The van der Waals surface area contributed by atoms with Gasteiger partial charge in [-0.05, 0) is 35.4 Å². The van der Waals surface area contributed by atoms with Gasteiger partial charge in [0.1, 0.15) is 30.2 Å². The lowest BCUT2D eigenvalue weighted by Crippen LogP contribution is -2.08. The zero-order valence-corrected chi connectivity index (χ0v) is 13.9. The monoisotopic (exact) mass is 346 g/mol. The third-order valence-corrected chi connectivity index (χ3v) is 3.88. The van der Waals surface area contributed by atoms with E-state index in [9.17, 15) is 9.18 Å². The van der Waals surface area contributed by atoms with Crippen LogP contribution in [0, 0.1) is 5.82 Å². The third kappa shape index (κ3) is 4.15. The first-order chi connectivity index (χ1) is 12.2. The molecule has 1 saturated heterocycles. The number of aldehydes is 1. The number of benzene rings is 2. The highest BCUT2D eigenvalue weighted by Crippen LogP contribution is 2.35. The lowest BCUT2D eigenvalue weighted by atomic mass is 10.1. The van der Waals surface area contributed by atoms with Crippen LogP contribution < -0.4 is 9.47 Å². The minimum atomic E-state index is -0.795. The maximum Gasteiger partial charge on any atom is 0.190 e. The van der Waals surface area contributed by atoms with Crippen LogP contribution in [0.2, 0.25) is 0 Å². The normalized spacial score (nSPS) is 14.5. The number of carbonyl (C=O) groups is 1. The molecule has 1 aliphatic heterocycles. The van der Waals surface area contributed by atoms with Crippen LogP contribution >= 0.6 is 0 Å². The van der Waals surface area contributed by atoms with E-state index in [-0.39, 0.29) is 18.6 Å². The Labute approximate surface area is 145 Å². The smallest absolute Gasteiger partial charge is 0.190 e. The second-order valence-electron chi connectivity index (χ2n) is 5.57. The van der Waals surface area contributed by atoms with E-state index in [0.29, 0.717) is 24.5 Å². The molecule has 132 valence electrons. The number of halogens is 1. The molecule has 0 aromatic heterocycles. The van der Waals surface area contributed by atoms with E-state index in [1.807, 2.05) is 24.3 Å². The topological polar surface area (TPSA) is 54.0 Å². The fourth-order valence-electron chi connectivity index (χ4n) is 2.62. The van der Waals surface area contributed by atoms with Crippen LogP contribution in [0.1, 0.15) is 23.0 Å². The van der Waals surface area contributed by atoms with Crippen molar-refractivity contribution in [1.29, 1.82) is 0 Å². The number of rotatable bonds is 7. The molecule has 25 heavy (non-hydrogen) atoms. The van der Waals surface area contributed by atoms with Gasteiger partial charge in [-0.25, -0.2) is 4.39 Å². The molecule has 5 nitrogen and oxygen atoms in total. The van der Waals surface area contributed by atoms with E-state index < -0.39 is 12.1 Å². The van der Waals surface area contributed by atoms with Crippen molar-refractivity contribution in [2.75, 3.05) is 20.3 Å². The first kappa shape index (κ1) is 17.4. The number of methoxy groups -OCH3 is 1. The van der Waals surface area contributed by atoms with Crippen molar-refractivity contribution in [3.05, 3.63) is 58.9 Å². The van der Waals surface area contributed by atoms with Gasteiger partial charge in [0.2, 0.25) is 0 Å². The first-order valence-electron chi connectivity index (χ1n) is 7.96. The molecule has 3 rings (SSSR count). The van der Waals surface area contributed by atoms with Crippen LogP contribution in [0.25, 0.3) is 0 Å². The van der Waals surface area contributed by atoms with Crippen molar-refractivity contribution in [1.82, 2.24) is 0 Å². The van der Waals surface area contributed by atoms with Gasteiger partial charge in [0.05, 0.1) is 25.9 Å². The van der Waals surface area contributed by atoms with Crippen molar-refractivity contribution < 1.29 is 28.1 Å². The van der Waals surface area contributed by atoms with Crippen LogP contribution in [0.15, 0.2) is 36.4 Å². The Morgan fingerprint density at radius 2 is 1.88 bits per heavy atom. The summed E-state index contributed by atoms with van der Waals surface area (Å²) >= 11 is 0. The molecule has 6 heteroatoms. The lowest BCUT2D eigenvalue weighted by molar-refractivity contribution is -0.107. The molecular formula is C19H19FO5. The van der Waals surface area contributed by atoms with E-state index in [1.165, 1.54) is 6.07 Å². The van der Waals surface area contributed by atoms with E-state index >= 15 is 0 Å². The number of hydrogen-bond acceptors (Lipinski definition) is 5. The molecule has 1 heterocycles. The fraction of sp³-hybridized carbons (Fsp3) is 0.316. The SMILES string of the molecule is COc1ccc(COc2cc(CC=O)cc(F)c2C2OCCO2)cc1. The predicted molar refractivity (Wildman–Crippen MR) is 88.1 cm³/mol. The maximum atomic E-state index is 14.5. The van der Waals surface area contributed by atoms with Crippen LogP contribution in [0.3, 0.4) is 0 Å². The first-order valence-corrected chi connectivity index (χ1v) is 7.96. The van der Waals surface area contributed by atoms with Crippen LogP contribution in [-0.4, -0.2) is 26.6 Å². The summed E-state index contributed by atoms with van der Waals surface area (Å²) in [6, 6.07) is 10.4. The third-order valence-electron chi connectivity index (χ3n) is 3.88. The molecule has 0 bridgehead atoms. The highest BCUT2D eigenvalue weighted by molar-refractivity contribution is 5.56. The molecule has 0 aliphatic carbocycles. The minimum absolute atomic E-state index is 0.114. The summed E-state index contributed by atoms with van der Waals surface area (Å²) in [6.45, 7) is 1.05. The standard InChI is InChI=1S/C19H19FO5/c1-22-15-4-2-13(3-5-15)12-25-17-11-14(6-7-21)10-16(20)18(17)19-23-8-9-24-19/h2-5,7,10-11,19H,6,8-9,12H2,1H3. The molecule has 0 radical (unpaired) electrons. The summed E-state index contributed by atoms with van der Waals surface area (Å²) in [6.07, 6.45) is 0.0448. The number of hydrogen-bond donors (Lipinski definition) is 0. The highest BCUT2D eigenvalue weighted by atomic mass is 19.1. The van der Waals surface area contributed by atoms with Gasteiger partial charge < -0.3 is 23.7 Å². The molecule has 1 fully saturated rings. The van der Waals surface area contributed by atoms with Crippen LogP contribution in [0.4, 0.5) is 4.39 Å². The molecule has 0 amide bonds. The molecule has 2 aromatic carbocycles. The molecule has 0 atom stereocenters. The van der Waals surface area contributed by atoms with Gasteiger partial charge in [-0.2, -0.15) is 0 Å². The number of ether oxygens (including phenoxy) is 4. The van der Waals surface area contributed by atoms with Gasteiger partial charge in [-0.15, -0.1) is 0 Å². The average Bonchev–Trinajstić information content (AvgIpc) is 3.14. The van der Waals surface area contributed by atoms with E-state index in [1.54, 1.807) is 13.2 Å². The van der Waals surface area contributed by atoms with Crippen LogP contribution in [0.5, 0.6) is 11.5 Å². The Kier molecular flexibility index (Phi) is 5.63. The Bertz CT molecular complexity index is 723. The molecule has 0 N–H and O–H groups in total. The van der Waals surface area contributed by atoms with E-state index in [4.69, 9.17) is 18.9 Å². The minimum Gasteiger partial charge on any atom is -0.497 e. The lowest BCUT2D eigenvalue weighted by Gasteiger charge is -2.17. The van der Waals surface area contributed by atoms with E-state index in [0.717, 1.165) is 17.6 Å². The number of carbonyl (C=O) groups excluding carboxylic acids is 1. The molecule has 0 spiro atoms. The summed E-state index contributed by atoms with van der Waals surface area (Å²) in [5.74, 6) is 0.562. The highest BCUT2D eigenvalue weighted by Gasteiger charge is 2.26. The average molecular weight is 346 g/mol. The molecular weight excluding hydrogens is 327 g/mol.